The molecular formula is C26H36O4. The van der Waals surface area contributed by atoms with E-state index in [1.165, 1.54) is 23.1 Å². The molecular weight excluding hydrogens is 376 g/mol. The Balaban J connectivity index is 1.59. The van der Waals surface area contributed by atoms with Gasteiger partial charge in [0.05, 0.1) is 18.1 Å². The van der Waals surface area contributed by atoms with Crippen molar-refractivity contribution in [2.45, 2.75) is 79.1 Å². The molecule has 0 radical (unpaired) electrons. The molecule has 0 saturated heterocycles. The van der Waals surface area contributed by atoms with Crippen LogP contribution >= 0.6 is 0 Å². The summed E-state index contributed by atoms with van der Waals surface area (Å²) in [5, 5.41) is 9.89. The molecule has 1 aliphatic heterocycles. The maximum Gasteiger partial charge on any atom is 0.343 e. The first-order valence-corrected chi connectivity index (χ1v) is 11.0. The lowest BCUT2D eigenvalue weighted by Crippen LogP contribution is -1.97. The minimum absolute atomic E-state index is 0.0197. The van der Waals surface area contributed by atoms with Crippen molar-refractivity contribution in [1.82, 2.24) is 0 Å². The predicted octanol–water partition coefficient (Wildman–Crippen LogP) is 7.35. The van der Waals surface area contributed by atoms with Crippen molar-refractivity contribution in [3.63, 3.8) is 0 Å². The summed E-state index contributed by atoms with van der Waals surface area (Å²) in [6.07, 6.45) is 18.8. The monoisotopic (exact) mass is 412 g/mol. The molecule has 0 fully saturated rings. The molecule has 30 heavy (non-hydrogen) atoms. The van der Waals surface area contributed by atoms with E-state index in [4.69, 9.17) is 9.15 Å². The number of hydrogen-bond acceptors (Lipinski definition) is 4. The number of carbonyl (C=O) groups is 1. The number of cyclic esters (lactones) is 1. The van der Waals surface area contributed by atoms with Crippen LogP contribution < -0.4 is 0 Å². The molecule has 2 heterocycles. The van der Waals surface area contributed by atoms with E-state index in [-0.39, 0.29) is 17.3 Å². The third kappa shape index (κ3) is 8.10. The first-order valence-electron chi connectivity index (χ1n) is 11.0. The number of esters is 1. The van der Waals surface area contributed by atoms with Gasteiger partial charge in [0.15, 0.2) is 11.5 Å². The number of hydrogen-bond donors (Lipinski definition) is 1. The van der Waals surface area contributed by atoms with Gasteiger partial charge >= 0.3 is 5.97 Å². The molecule has 1 atom stereocenters. The number of aliphatic hydroxyl groups is 1. The molecule has 1 aliphatic rings. The van der Waals surface area contributed by atoms with Crippen LogP contribution in [-0.2, 0) is 16.0 Å². The number of rotatable bonds is 12. The first kappa shape index (κ1) is 23.8. The molecule has 0 aliphatic carbocycles. The Kier molecular flexibility index (Phi) is 9.72. The lowest BCUT2D eigenvalue weighted by Gasteiger charge is -2.08. The third-order valence-electron chi connectivity index (χ3n) is 5.54. The zero-order valence-corrected chi connectivity index (χ0v) is 18.9. The lowest BCUT2D eigenvalue weighted by atomic mass is 9.99. The van der Waals surface area contributed by atoms with Gasteiger partial charge in [-0.05, 0) is 95.8 Å². The van der Waals surface area contributed by atoms with Crippen LogP contribution in [0.25, 0.3) is 0 Å². The van der Waals surface area contributed by atoms with Crippen molar-refractivity contribution in [2.75, 3.05) is 0 Å². The van der Waals surface area contributed by atoms with Crippen molar-refractivity contribution in [3.8, 4) is 0 Å². The number of unbranched alkanes of at least 4 members (excludes halogenated alkanes) is 1. The summed E-state index contributed by atoms with van der Waals surface area (Å²) in [4.78, 5) is 11.5. The lowest BCUT2D eigenvalue weighted by molar-refractivity contribution is -0.133. The Bertz CT molecular complexity index is 806. The molecule has 0 saturated carbocycles. The second-order valence-electron chi connectivity index (χ2n) is 8.43. The van der Waals surface area contributed by atoms with Gasteiger partial charge in [0.2, 0.25) is 0 Å². The van der Waals surface area contributed by atoms with E-state index in [0.29, 0.717) is 5.76 Å². The van der Waals surface area contributed by atoms with Gasteiger partial charge in [0.1, 0.15) is 0 Å². The van der Waals surface area contributed by atoms with Crippen molar-refractivity contribution in [1.29, 1.82) is 0 Å². The van der Waals surface area contributed by atoms with Gasteiger partial charge in [-0.2, -0.15) is 0 Å². The Morgan fingerprint density at radius 1 is 1.13 bits per heavy atom. The quantitative estimate of drug-likeness (QED) is 0.221. The zero-order chi connectivity index (χ0) is 21.9. The normalized spacial score (nSPS) is 17.7. The summed E-state index contributed by atoms with van der Waals surface area (Å²) in [6, 6.07) is 2.03. The SMILES string of the molecule is CC1=C(O)/C(=C/C(C)CCC/C(C)=C/CCC/C(C)=C/CCc2ccoc2)OC1=O. The molecule has 164 valence electrons. The maximum atomic E-state index is 11.5. The number of allylic oxidation sites excluding steroid dienone is 5. The van der Waals surface area contributed by atoms with Crippen LogP contribution in [0.2, 0.25) is 0 Å². The van der Waals surface area contributed by atoms with Gasteiger partial charge < -0.3 is 14.3 Å². The fraction of sp³-hybridized carbons (Fsp3) is 0.500. The van der Waals surface area contributed by atoms with E-state index in [1.807, 2.05) is 18.4 Å². The van der Waals surface area contributed by atoms with E-state index < -0.39 is 5.97 Å². The molecule has 1 N–H and O–H groups in total. The van der Waals surface area contributed by atoms with Crippen molar-refractivity contribution < 1.29 is 19.1 Å². The summed E-state index contributed by atoms with van der Waals surface area (Å²) in [5.74, 6) is 0.0930. The summed E-state index contributed by atoms with van der Waals surface area (Å²) in [6.45, 7) is 8.09. The van der Waals surface area contributed by atoms with Gasteiger partial charge in [-0.25, -0.2) is 4.79 Å². The molecule has 1 aromatic rings. The largest absolute Gasteiger partial charge is 0.504 e. The Morgan fingerprint density at radius 3 is 2.47 bits per heavy atom. The van der Waals surface area contributed by atoms with E-state index in [2.05, 4.69) is 32.9 Å². The second-order valence-corrected chi connectivity index (χ2v) is 8.43. The number of carbonyl (C=O) groups excluding carboxylic acids is 1. The highest BCUT2D eigenvalue weighted by Crippen LogP contribution is 2.26. The molecule has 0 amide bonds. The van der Waals surface area contributed by atoms with Crippen LogP contribution in [-0.4, -0.2) is 11.1 Å². The van der Waals surface area contributed by atoms with Crippen LogP contribution in [0.3, 0.4) is 0 Å². The van der Waals surface area contributed by atoms with Crippen LogP contribution in [0.15, 0.2) is 69.5 Å². The highest BCUT2D eigenvalue weighted by Gasteiger charge is 2.26. The Morgan fingerprint density at radius 2 is 1.83 bits per heavy atom. The fourth-order valence-electron chi connectivity index (χ4n) is 3.52. The van der Waals surface area contributed by atoms with E-state index in [0.717, 1.165) is 44.9 Å². The topological polar surface area (TPSA) is 59.7 Å². The zero-order valence-electron chi connectivity index (χ0n) is 18.9. The van der Waals surface area contributed by atoms with Gasteiger partial charge in [0.25, 0.3) is 0 Å². The summed E-state index contributed by atoms with van der Waals surface area (Å²) in [5.41, 5.74) is 4.44. The van der Waals surface area contributed by atoms with Crippen molar-refractivity contribution in [3.05, 3.63) is 70.6 Å². The average molecular weight is 413 g/mol. The minimum atomic E-state index is -0.451. The highest BCUT2D eigenvalue weighted by molar-refractivity contribution is 5.93. The smallest absolute Gasteiger partial charge is 0.343 e. The summed E-state index contributed by atoms with van der Waals surface area (Å²) < 4.78 is 10.2. The molecule has 0 aromatic carbocycles. The third-order valence-corrected chi connectivity index (χ3v) is 5.54. The second kappa shape index (κ2) is 12.3. The van der Waals surface area contributed by atoms with E-state index in [1.54, 1.807) is 13.2 Å². The van der Waals surface area contributed by atoms with E-state index >= 15 is 0 Å². The molecule has 4 heteroatoms. The molecule has 2 rings (SSSR count). The highest BCUT2D eigenvalue weighted by atomic mass is 16.6. The number of aryl methyl sites for hydroxylation is 1. The maximum absolute atomic E-state index is 11.5. The fourth-order valence-corrected chi connectivity index (χ4v) is 3.52. The summed E-state index contributed by atoms with van der Waals surface area (Å²) >= 11 is 0. The van der Waals surface area contributed by atoms with Crippen molar-refractivity contribution >= 4 is 5.97 Å². The van der Waals surface area contributed by atoms with Gasteiger partial charge in [-0.1, -0.05) is 30.2 Å². The number of furan rings is 1. The van der Waals surface area contributed by atoms with Gasteiger partial charge in [0, 0.05) is 0 Å². The number of ether oxygens (including phenoxy) is 1. The van der Waals surface area contributed by atoms with Crippen molar-refractivity contribution in [2.24, 2.45) is 5.92 Å². The average Bonchev–Trinajstić information content (AvgIpc) is 3.30. The first-order chi connectivity index (χ1) is 14.4. The van der Waals surface area contributed by atoms with Crippen LogP contribution in [0, 0.1) is 5.92 Å². The van der Waals surface area contributed by atoms with Crippen LogP contribution in [0.4, 0.5) is 0 Å². The molecule has 1 aromatic heterocycles. The van der Waals surface area contributed by atoms with Crippen LogP contribution in [0.5, 0.6) is 0 Å². The Labute approximate surface area is 181 Å². The minimum Gasteiger partial charge on any atom is -0.504 e. The molecule has 0 bridgehead atoms. The van der Waals surface area contributed by atoms with Gasteiger partial charge in [-0.15, -0.1) is 0 Å². The summed E-state index contributed by atoms with van der Waals surface area (Å²) in [7, 11) is 0. The molecule has 4 nitrogen and oxygen atoms in total. The van der Waals surface area contributed by atoms with E-state index in [9.17, 15) is 9.90 Å². The van der Waals surface area contributed by atoms with Crippen LogP contribution in [0.1, 0.15) is 78.2 Å². The van der Waals surface area contributed by atoms with Gasteiger partial charge in [-0.3, -0.25) is 0 Å². The standard InChI is InChI=1S/C26H36O4/c1-19(9-5-6-10-20(2)12-8-14-23-15-16-29-18-23)11-7-13-21(3)17-24-25(27)22(4)26(28)30-24/h9,12,15-18,21,27H,5-8,10-11,13-14H2,1-4H3/b19-9+,20-12+,24-17-. The molecule has 1 unspecified atom stereocenters. The molecule has 0 spiro atoms. The number of aliphatic hydroxyl groups excluding tert-OH is 1. The predicted molar refractivity (Wildman–Crippen MR) is 121 cm³/mol. The Hall–Kier alpha value is -2.49.